The van der Waals surface area contributed by atoms with E-state index in [2.05, 4.69) is 4.90 Å². The lowest BCUT2D eigenvalue weighted by atomic mass is 9.95. The molecule has 2 saturated heterocycles. The van der Waals surface area contributed by atoms with Crippen molar-refractivity contribution in [1.82, 2.24) is 4.90 Å². The first kappa shape index (κ1) is 13.4. The van der Waals surface area contributed by atoms with Crippen molar-refractivity contribution in [3.05, 3.63) is 0 Å². The molecule has 2 atom stereocenters. The molecule has 3 rings (SSSR count). The van der Waals surface area contributed by atoms with Crippen molar-refractivity contribution in [2.75, 3.05) is 13.2 Å². The van der Waals surface area contributed by atoms with Gasteiger partial charge in [0.1, 0.15) is 0 Å². The molecule has 0 radical (unpaired) electrons. The second-order valence-corrected chi connectivity index (χ2v) is 6.51. The minimum Gasteiger partial charge on any atom is -0.378 e. The first-order valence-electron chi connectivity index (χ1n) is 8.25. The molecule has 3 nitrogen and oxygen atoms in total. The molecule has 1 aliphatic carbocycles. The highest BCUT2D eigenvalue weighted by atomic mass is 16.5. The Balaban J connectivity index is 1.49. The second kappa shape index (κ2) is 6.25. The minimum absolute atomic E-state index is 0.358. The zero-order valence-electron chi connectivity index (χ0n) is 12.0. The Labute approximate surface area is 116 Å². The maximum Gasteiger partial charge on any atom is 0.222 e. The third-order valence-electron chi connectivity index (χ3n) is 5.27. The Hall–Kier alpha value is -0.570. The lowest BCUT2D eigenvalue weighted by Gasteiger charge is -2.29. The predicted octanol–water partition coefficient (Wildman–Crippen LogP) is 3.13. The monoisotopic (exact) mass is 265 g/mol. The van der Waals surface area contributed by atoms with Crippen LogP contribution in [0.3, 0.4) is 0 Å². The van der Waals surface area contributed by atoms with Crippen LogP contribution in [-0.2, 0) is 9.53 Å². The zero-order valence-corrected chi connectivity index (χ0v) is 12.0. The number of carbonyl (C=O) groups is 1. The third kappa shape index (κ3) is 3.13. The Morgan fingerprint density at radius 3 is 2.63 bits per heavy atom. The van der Waals surface area contributed by atoms with E-state index in [0.29, 0.717) is 24.5 Å². The third-order valence-corrected chi connectivity index (χ3v) is 5.27. The van der Waals surface area contributed by atoms with E-state index in [4.69, 9.17) is 4.74 Å². The van der Waals surface area contributed by atoms with Gasteiger partial charge in [0.25, 0.3) is 0 Å². The van der Waals surface area contributed by atoms with Gasteiger partial charge in [0.05, 0.1) is 6.10 Å². The molecule has 3 fully saturated rings. The molecular formula is C16H27NO2. The van der Waals surface area contributed by atoms with E-state index in [-0.39, 0.29) is 0 Å². The largest absolute Gasteiger partial charge is 0.378 e. The van der Waals surface area contributed by atoms with E-state index < -0.39 is 0 Å². The maximum atomic E-state index is 12.4. The molecule has 0 aromatic carbocycles. The molecule has 3 heteroatoms. The lowest BCUT2D eigenvalue weighted by molar-refractivity contribution is -0.133. The van der Waals surface area contributed by atoms with Crippen LogP contribution >= 0.6 is 0 Å². The lowest BCUT2D eigenvalue weighted by Crippen LogP contribution is -2.39. The predicted molar refractivity (Wildman–Crippen MR) is 74.9 cm³/mol. The summed E-state index contributed by atoms with van der Waals surface area (Å²) in [4.78, 5) is 14.7. The number of ether oxygens (including phenoxy) is 1. The SMILES string of the molecule is O=C(CC[C@H]1CCCO1)N1CCC[C@@H]1C1CCCC1. The van der Waals surface area contributed by atoms with Gasteiger partial charge < -0.3 is 9.64 Å². The number of carbonyl (C=O) groups excluding carboxylic acids is 1. The summed E-state index contributed by atoms with van der Waals surface area (Å²) >= 11 is 0. The summed E-state index contributed by atoms with van der Waals surface area (Å²) in [6, 6.07) is 0.569. The first-order valence-corrected chi connectivity index (χ1v) is 8.25. The van der Waals surface area contributed by atoms with Crippen LogP contribution in [0.25, 0.3) is 0 Å². The number of likely N-dealkylation sites (tertiary alicyclic amines) is 1. The molecule has 0 aromatic heterocycles. The highest BCUT2D eigenvalue weighted by Gasteiger charge is 2.35. The van der Waals surface area contributed by atoms with Crippen molar-refractivity contribution >= 4 is 5.91 Å². The van der Waals surface area contributed by atoms with Gasteiger partial charge in [-0.05, 0) is 50.9 Å². The number of amides is 1. The average Bonchev–Trinajstić information content (AvgIpc) is 3.14. The van der Waals surface area contributed by atoms with Crippen LogP contribution in [0.1, 0.15) is 64.2 Å². The van der Waals surface area contributed by atoms with E-state index in [1.54, 1.807) is 0 Å². The summed E-state index contributed by atoms with van der Waals surface area (Å²) in [6.45, 7) is 1.90. The summed E-state index contributed by atoms with van der Waals surface area (Å²) < 4.78 is 5.62. The van der Waals surface area contributed by atoms with Crippen LogP contribution in [0.4, 0.5) is 0 Å². The van der Waals surface area contributed by atoms with Crippen molar-refractivity contribution in [3.63, 3.8) is 0 Å². The maximum absolute atomic E-state index is 12.4. The number of hydrogen-bond donors (Lipinski definition) is 0. The zero-order chi connectivity index (χ0) is 13.1. The smallest absolute Gasteiger partial charge is 0.222 e. The molecule has 0 unspecified atom stereocenters. The number of nitrogens with zero attached hydrogens (tertiary/aromatic N) is 1. The summed E-state index contributed by atoms with van der Waals surface area (Å²) in [5, 5.41) is 0. The first-order chi connectivity index (χ1) is 9.34. The standard InChI is InChI=1S/C16H27NO2/c18-16(10-9-14-7-4-12-19-14)17-11-3-8-15(17)13-5-1-2-6-13/h13-15H,1-12H2/t14-,15-/m1/s1. The number of rotatable bonds is 4. The summed E-state index contributed by atoms with van der Waals surface area (Å²) in [6.07, 6.45) is 12.2. The van der Waals surface area contributed by atoms with Crippen LogP contribution in [-0.4, -0.2) is 36.1 Å². The average molecular weight is 265 g/mol. The minimum atomic E-state index is 0.358. The molecule has 0 N–H and O–H groups in total. The molecule has 0 bridgehead atoms. The topological polar surface area (TPSA) is 29.5 Å². The fourth-order valence-electron chi connectivity index (χ4n) is 4.23. The highest BCUT2D eigenvalue weighted by molar-refractivity contribution is 5.76. The van der Waals surface area contributed by atoms with E-state index >= 15 is 0 Å². The van der Waals surface area contributed by atoms with Crippen LogP contribution in [0.5, 0.6) is 0 Å². The molecule has 108 valence electrons. The molecular weight excluding hydrogens is 238 g/mol. The van der Waals surface area contributed by atoms with Crippen LogP contribution in [0.15, 0.2) is 0 Å². The fourth-order valence-corrected chi connectivity index (χ4v) is 4.23. The molecule has 19 heavy (non-hydrogen) atoms. The normalized spacial score (nSPS) is 32.3. The quantitative estimate of drug-likeness (QED) is 0.781. The van der Waals surface area contributed by atoms with E-state index in [1.165, 1.54) is 44.9 Å². The molecule has 1 amide bonds. The molecule has 2 heterocycles. The van der Waals surface area contributed by atoms with Crippen LogP contribution in [0.2, 0.25) is 0 Å². The van der Waals surface area contributed by atoms with Crippen LogP contribution in [0, 0.1) is 5.92 Å². The summed E-state index contributed by atoms with van der Waals surface area (Å²) in [5.41, 5.74) is 0. The Kier molecular flexibility index (Phi) is 4.42. The highest BCUT2D eigenvalue weighted by Crippen LogP contribution is 2.35. The summed E-state index contributed by atoms with van der Waals surface area (Å²) in [7, 11) is 0. The van der Waals surface area contributed by atoms with Crippen molar-refractivity contribution < 1.29 is 9.53 Å². The molecule has 0 spiro atoms. The molecule has 1 saturated carbocycles. The second-order valence-electron chi connectivity index (χ2n) is 6.51. The van der Waals surface area contributed by atoms with Crippen molar-refractivity contribution in [1.29, 1.82) is 0 Å². The van der Waals surface area contributed by atoms with Crippen LogP contribution < -0.4 is 0 Å². The molecule has 3 aliphatic rings. The van der Waals surface area contributed by atoms with E-state index in [0.717, 1.165) is 31.9 Å². The Morgan fingerprint density at radius 1 is 1.05 bits per heavy atom. The molecule has 0 aromatic rings. The van der Waals surface area contributed by atoms with Gasteiger partial charge in [-0.1, -0.05) is 12.8 Å². The van der Waals surface area contributed by atoms with Gasteiger partial charge in [-0.15, -0.1) is 0 Å². The van der Waals surface area contributed by atoms with Crippen molar-refractivity contribution in [3.8, 4) is 0 Å². The Morgan fingerprint density at radius 2 is 1.89 bits per heavy atom. The summed E-state index contributed by atoms with van der Waals surface area (Å²) in [5.74, 6) is 1.19. The fraction of sp³-hybridized carbons (Fsp3) is 0.938. The van der Waals surface area contributed by atoms with Gasteiger partial charge in [-0.25, -0.2) is 0 Å². The van der Waals surface area contributed by atoms with Gasteiger partial charge >= 0.3 is 0 Å². The van der Waals surface area contributed by atoms with Gasteiger partial charge in [-0.2, -0.15) is 0 Å². The van der Waals surface area contributed by atoms with Gasteiger partial charge in [0.2, 0.25) is 5.91 Å². The van der Waals surface area contributed by atoms with Crippen molar-refractivity contribution in [2.24, 2.45) is 5.92 Å². The van der Waals surface area contributed by atoms with Crippen molar-refractivity contribution in [2.45, 2.75) is 76.4 Å². The van der Waals surface area contributed by atoms with Gasteiger partial charge in [-0.3, -0.25) is 4.79 Å². The van der Waals surface area contributed by atoms with Gasteiger partial charge in [0.15, 0.2) is 0 Å². The van der Waals surface area contributed by atoms with E-state index in [9.17, 15) is 4.79 Å². The Bertz CT molecular complexity index is 306. The molecule has 2 aliphatic heterocycles. The van der Waals surface area contributed by atoms with Gasteiger partial charge in [0, 0.05) is 25.6 Å². The number of hydrogen-bond acceptors (Lipinski definition) is 2. The van der Waals surface area contributed by atoms with E-state index in [1.807, 2.05) is 0 Å².